The van der Waals surface area contributed by atoms with Crippen LogP contribution in [0.3, 0.4) is 0 Å². The fourth-order valence-electron chi connectivity index (χ4n) is 1.67. The van der Waals surface area contributed by atoms with E-state index in [1.807, 2.05) is 18.4 Å². The molecule has 0 spiro atoms. The van der Waals surface area contributed by atoms with Gasteiger partial charge in [0.15, 0.2) is 0 Å². The van der Waals surface area contributed by atoms with Gasteiger partial charge in [0.2, 0.25) is 0 Å². The highest BCUT2D eigenvalue weighted by atomic mass is 32.1. The Morgan fingerprint density at radius 2 is 2.12 bits per heavy atom. The van der Waals surface area contributed by atoms with Gasteiger partial charge in [-0.3, -0.25) is 0 Å². The summed E-state index contributed by atoms with van der Waals surface area (Å²) in [5, 5.41) is 7.44. The Balaban J connectivity index is 2.15. The van der Waals surface area contributed by atoms with Gasteiger partial charge >= 0.3 is 0 Å². The standard InChI is InChI=1S/C13H14FNS/c1-9-5-12(14)7-13(6-9)15-10(2)11-3-4-16-8-11/h3-8,10,15H,1-2H3. The van der Waals surface area contributed by atoms with Crippen LogP contribution in [-0.4, -0.2) is 0 Å². The van der Waals surface area contributed by atoms with Crippen LogP contribution >= 0.6 is 11.3 Å². The molecule has 0 aliphatic carbocycles. The number of hydrogen-bond donors (Lipinski definition) is 1. The highest BCUT2D eigenvalue weighted by Crippen LogP contribution is 2.22. The van der Waals surface area contributed by atoms with Gasteiger partial charge in [-0.25, -0.2) is 4.39 Å². The summed E-state index contributed by atoms with van der Waals surface area (Å²) < 4.78 is 13.2. The number of hydrogen-bond acceptors (Lipinski definition) is 2. The predicted octanol–water partition coefficient (Wildman–Crippen LogP) is 4.37. The van der Waals surface area contributed by atoms with E-state index in [1.54, 1.807) is 11.3 Å². The van der Waals surface area contributed by atoms with Gasteiger partial charge in [0, 0.05) is 11.7 Å². The van der Waals surface area contributed by atoms with Gasteiger partial charge in [-0.1, -0.05) is 0 Å². The van der Waals surface area contributed by atoms with Gasteiger partial charge in [0.1, 0.15) is 5.82 Å². The molecule has 3 heteroatoms. The van der Waals surface area contributed by atoms with E-state index >= 15 is 0 Å². The van der Waals surface area contributed by atoms with Gasteiger partial charge in [-0.15, -0.1) is 0 Å². The molecule has 1 N–H and O–H groups in total. The van der Waals surface area contributed by atoms with Gasteiger partial charge in [0.05, 0.1) is 0 Å². The lowest BCUT2D eigenvalue weighted by Crippen LogP contribution is -2.05. The Bertz CT molecular complexity index is 445. The van der Waals surface area contributed by atoms with E-state index in [0.29, 0.717) is 0 Å². The Morgan fingerprint density at radius 1 is 1.31 bits per heavy atom. The summed E-state index contributed by atoms with van der Waals surface area (Å²) >= 11 is 1.67. The molecular formula is C13H14FNS. The molecule has 0 amide bonds. The molecule has 0 fully saturated rings. The van der Waals surface area contributed by atoms with Crippen molar-refractivity contribution in [3.8, 4) is 0 Å². The zero-order chi connectivity index (χ0) is 11.5. The summed E-state index contributed by atoms with van der Waals surface area (Å²) in [5.41, 5.74) is 2.99. The molecule has 1 nitrogen and oxygen atoms in total. The third-order valence-electron chi connectivity index (χ3n) is 2.47. The molecule has 1 unspecified atom stereocenters. The maximum Gasteiger partial charge on any atom is 0.125 e. The molecular weight excluding hydrogens is 221 g/mol. The summed E-state index contributed by atoms with van der Waals surface area (Å²) in [6, 6.07) is 7.28. The first kappa shape index (κ1) is 11.1. The molecule has 2 rings (SSSR count). The molecule has 0 bridgehead atoms. The number of nitrogens with one attached hydrogen (secondary N) is 1. The SMILES string of the molecule is Cc1cc(F)cc(NC(C)c2ccsc2)c1. The van der Waals surface area contributed by atoms with E-state index in [4.69, 9.17) is 0 Å². The molecule has 0 saturated carbocycles. The molecule has 1 aromatic carbocycles. The van der Waals surface area contributed by atoms with Crippen molar-refractivity contribution in [2.45, 2.75) is 19.9 Å². The minimum atomic E-state index is -0.194. The molecule has 2 aromatic rings. The van der Waals surface area contributed by atoms with E-state index in [2.05, 4.69) is 23.7 Å². The van der Waals surface area contributed by atoms with Gasteiger partial charge < -0.3 is 5.32 Å². The van der Waals surface area contributed by atoms with Crippen LogP contribution in [0.25, 0.3) is 0 Å². The average molecular weight is 235 g/mol. The molecule has 16 heavy (non-hydrogen) atoms. The highest BCUT2D eigenvalue weighted by molar-refractivity contribution is 7.07. The number of anilines is 1. The Morgan fingerprint density at radius 3 is 2.75 bits per heavy atom. The van der Waals surface area contributed by atoms with Crippen LogP contribution < -0.4 is 5.32 Å². The lowest BCUT2D eigenvalue weighted by molar-refractivity contribution is 0.626. The molecule has 0 radical (unpaired) electrons. The number of thiophene rings is 1. The fraction of sp³-hybridized carbons (Fsp3) is 0.231. The second-order valence-electron chi connectivity index (χ2n) is 3.94. The van der Waals surface area contributed by atoms with Crippen molar-refractivity contribution < 1.29 is 4.39 Å². The smallest absolute Gasteiger partial charge is 0.125 e. The van der Waals surface area contributed by atoms with Crippen molar-refractivity contribution >= 4 is 17.0 Å². The first-order valence-corrected chi connectivity index (χ1v) is 6.15. The van der Waals surface area contributed by atoms with Gasteiger partial charge in [-0.2, -0.15) is 11.3 Å². The van der Waals surface area contributed by atoms with Crippen LogP contribution in [0, 0.1) is 12.7 Å². The minimum absolute atomic E-state index is 0.194. The van der Waals surface area contributed by atoms with Crippen LogP contribution in [0.15, 0.2) is 35.0 Å². The number of benzene rings is 1. The fourth-order valence-corrected chi connectivity index (χ4v) is 2.43. The van der Waals surface area contributed by atoms with E-state index in [0.717, 1.165) is 11.3 Å². The Labute approximate surface area is 98.9 Å². The summed E-state index contributed by atoms with van der Waals surface area (Å²) in [6.45, 7) is 3.96. The van der Waals surface area contributed by atoms with Crippen LogP contribution in [0.4, 0.5) is 10.1 Å². The Kier molecular flexibility index (Phi) is 3.25. The number of aryl methyl sites for hydroxylation is 1. The average Bonchev–Trinajstić information content (AvgIpc) is 2.68. The van der Waals surface area contributed by atoms with Gasteiger partial charge in [-0.05, 0) is 60.0 Å². The zero-order valence-electron chi connectivity index (χ0n) is 9.33. The van der Waals surface area contributed by atoms with Crippen LogP contribution in [0.2, 0.25) is 0 Å². The monoisotopic (exact) mass is 235 g/mol. The maximum atomic E-state index is 13.2. The highest BCUT2D eigenvalue weighted by Gasteiger charge is 2.06. The molecule has 1 atom stereocenters. The van der Waals surface area contributed by atoms with E-state index in [9.17, 15) is 4.39 Å². The van der Waals surface area contributed by atoms with Crippen molar-refractivity contribution in [2.24, 2.45) is 0 Å². The van der Waals surface area contributed by atoms with Crippen molar-refractivity contribution in [2.75, 3.05) is 5.32 Å². The van der Waals surface area contributed by atoms with Crippen LogP contribution in [-0.2, 0) is 0 Å². The predicted molar refractivity (Wildman–Crippen MR) is 67.5 cm³/mol. The minimum Gasteiger partial charge on any atom is -0.378 e. The summed E-state index contributed by atoms with van der Waals surface area (Å²) in [5.74, 6) is -0.194. The van der Waals surface area contributed by atoms with Crippen LogP contribution in [0.5, 0.6) is 0 Å². The van der Waals surface area contributed by atoms with Crippen molar-refractivity contribution in [1.82, 2.24) is 0 Å². The quantitative estimate of drug-likeness (QED) is 0.833. The molecule has 0 aliphatic heterocycles. The topological polar surface area (TPSA) is 12.0 Å². The zero-order valence-corrected chi connectivity index (χ0v) is 10.1. The molecule has 0 saturated heterocycles. The maximum absolute atomic E-state index is 13.2. The third-order valence-corrected chi connectivity index (χ3v) is 3.17. The second-order valence-corrected chi connectivity index (χ2v) is 4.72. The molecule has 84 valence electrons. The summed E-state index contributed by atoms with van der Waals surface area (Å²) in [7, 11) is 0. The molecule has 1 heterocycles. The Hall–Kier alpha value is -1.35. The molecule has 1 aromatic heterocycles. The first-order chi connectivity index (χ1) is 7.65. The van der Waals surface area contributed by atoms with E-state index < -0.39 is 0 Å². The lowest BCUT2D eigenvalue weighted by atomic mass is 10.1. The number of rotatable bonds is 3. The first-order valence-electron chi connectivity index (χ1n) is 5.21. The largest absolute Gasteiger partial charge is 0.378 e. The summed E-state index contributed by atoms with van der Waals surface area (Å²) in [4.78, 5) is 0. The van der Waals surface area contributed by atoms with Crippen molar-refractivity contribution in [3.63, 3.8) is 0 Å². The van der Waals surface area contributed by atoms with Crippen molar-refractivity contribution in [3.05, 3.63) is 52.0 Å². The molecule has 0 aliphatic rings. The lowest BCUT2D eigenvalue weighted by Gasteiger charge is -2.14. The number of halogens is 1. The van der Waals surface area contributed by atoms with Crippen LogP contribution in [0.1, 0.15) is 24.1 Å². The summed E-state index contributed by atoms with van der Waals surface area (Å²) in [6.07, 6.45) is 0. The van der Waals surface area contributed by atoms with Gasteiger partial charge in [0.25, 0.3) is 0 Å². The second kappa shape index (κ2) is 4.66. The third kappa shape index (κ3) is 2.61. The van der Waals surface area contributed by atoms with Crippen molar-refractivity contribution in [1.29, 1.82) is 0 Å². The normalized spacial score (nSPS) is 12.4. The van der Waals surface area contributed by atoms with E-state index in [-0.39, 0.29) is 11.9 Å². The van der Waals surface area contributed by atoms with E-state index in [1.165, 1.54) is 17.7 Å².